The summed E-state index contributed by atoms with van der Waals surface area (Å²) < 4.78 is 1.69. The molecule has 1 N–H and O–H groups in total. The second-order valence-electron chi connectivity index (χ2n) is 6.50. The number of benzene rings is 1. The molecule has 1 unspecified atom stereocenters. The van der Waals surface area contributed by atoms with Gasteiger partial charge in [0.05, 0.1) is 12.1 Å². The summed E-state index contributed by atoms with van der Waals surface area (Å²) in [6.07, 6.45) is 4.57. The van der Waals surface area contributed by atoms with Crippen molar-refractivity contribution in [3.63, 3.8) is 0 Å². The molecule has 1 heterocycles. The number of hydrogen-bond donors (Lipinski definition) is 1. The number of nitrogens with zero attached hydrogens (tertiary/aromatic N) is 3. The van der Waals surface area contributed by atoms with Crippen LogP contribution in [0.2, 0.25) is 5.02 Å². The van der Waals surface area contributed by atoms with Crippen LogP contribution in [0.1, 0.15) is 34.2 Å². The van der Waals surface area contributed by atoms with Gasteiger partial charge < -0.3 is 6.53 Å². The molecule has 0 bridgehead atoms. The molecule has 0 aliphatic rings. The third-order valence-corrected chi connectivity index (χ3v) is 4.28. The van der Waals surface area contributed by atoms with Crippen LogP contribution in [0.15, 0.2) is 36.9 Å². The molecule has 0 saturated heterocycles. The van der Waals surface area contributed by atoms with Gasteiger partial charge in [0.15, 0.2) is 0 Å². The van der Waals surface area contributed by atoms with Gasteiger partial charge >= 0.3 is 29.6 Å². The van der Waals surface area contributed by atoms with Crippen LogP contribution in [-0.2, 0) is 13.0 Å². The monoisotopic (exact) mass is 331 g/mol. The first-order chi connectivity index (χ1) is 9.80. The van der Waals surface area contributed by atoms with Gasteiger partial charge in [-0.05, 0) is 36.0 Å². The molecule has 1 aromatic heterocycles. The quantitative estimate of drug-likeness (QED) is 0.810. The minimum Gasteiger partial charge on any atom is -1.00 e. The first-order valence-corrected chi connectivity index (χ1v) is 7.47. The Morgan fingerprint density at radius 3 is 2.36 bits per heavy atom. The fraction of sp³-hybridized carbons (Fsp3) is 0.500. The topological polar surface area (TPSA) is 50.9 Å². The third kappa shape index (κ3) is 5.07. The van der Waals surface area contributed by atoms with Gasteiger partial charge in [-0.15, -0.1) is 0 Å². The summed E-state index contributed by atoms with van der Waals surface area (Å²) in [7, 11) is 0. The molecule has 0 amide bonds. The first kappa shape index (κ1) is 19.7. The summed E-state index contributed by atoms with van der Waals surface area (Å²) in [4.78, 5) is 3.94. The number of halogens is 1. The van der Waals surface area contributed by atoms with Gasteiger partial charge in [0.1, 0.15) is 12.7 Å². The summed E-state index contributed by atoms with van der Waals surface area (Å²) in [5, 5.41) is 16.0. The molecule has 0 spiro atoms. The number of rotatable bonds is 5. The van der Waals surface area contributed by atoms with Crippen LogP contribution in [0, 0.1) is 5.41 Å². The van der Waals surface area contributed by atoms with Crippen molar-refractivity contribution in [2.75, 3.05) is 0 Å². The minimum atomic E-state index is -0.861. The van der Waals surface area contributed by atoms with Gasteiger partial charge in [0.2, 0.25) is 0 Å². The number of aliphatic hydroxyl groups is 1. The predicted molar refractivity (Wildman–Crippen MR) is 85.3 cm³/mol. The molecule has 1 atom stereocenters. The van der Waals surface area contributed by atoms with E-state index in [9.17, 15) is 5.11 Å². The Morgan fingerprint density at radius 1 is 1.23 bits per heavy atom. The Balaban J connectivity index is 0.00000242. The Hall–Kier alpha value is -0.390. The molecule has 0 saturated carbocycles. The van der Waals surface area contributed by atoms with E-state index in [1.807, 2.05) is 45.0 Å². The van der Waals surface area contributed by atoms with Gasteiger partial charge in [-0.2, -0.15) is 5.10 Å². The normalized spacial score (nSPS) is 14.2. The molecule has 4 nitrogen and oxygen atoms in total. The largest absolute Gasteiger partial charge is 1.00 e. The Labute approximate surface area is 160 Å². The van der Waals surface area contributed by atoms with Gasteiger partial charge in [-0.3, -0.25) is 4.68 Å². The zero-order valence-corrected chi connectivity index (χ0v) is 16.5. The zero-order valence-electron chi connectivity index (χ0n) is 14.8. The average Bonchev–Trinajstić information content (AvgIpc) is 2.89. The van der Waals surface area contributed by atoms with E-state index in [0.717, 1.165) is 11.4 Å². The van der Waals surface area contributed by atoms with Crippen LogP contribution in [0.3, 0.4) is 0 Å². The van der Waals surface area contributed by atoms with Crippen LogP contribution in [0.4, 0.5) is 0 Å². The van der Waals surface area contributed by atoms with E-state index in [1.165, 1.54) is 11.9 Å². The van der Waals surface area contributed by atoms with Gasteiger partial charge in [0.25, 0.3) is 0 Å². The van der Waals surface area contributed by atoms with Crippen molar-refractivity contribution in [2.45, 2.75) is 45.8 Å². The van der Waals surface area contributed by atoms with Crippen LogP contribution < -0.4 is 29.6 Å². The molecule has 6 heteroatoms. The fourth-order valence-corrected chi connectivity index (χ4v) is 2.40. The zero-order chi connectivity index (χ0) is 15.5. The second kappa shape index (κ2) is 7.93. The molecule has 22 heavy (non-hydrogen) atoms. The first-order valence-electron chi connectivity index (χ1n) is 7.09. The molecule has 2 aromatic rings. The smallest absolute Gasteiger partial charge is 1.00 e. The van der Waals surface area contributed by atoms with Crippen LogP contribution in [0.5, 0.6) is 0 Å². The van der Waals surface area contributed by atoms with Crippen molar-refractivity contribution < 1.29 is 36.1 Å². The van der Waals surface area contributed by atoms with Gasteiger partial charge in [-0.1, -0.05) is 44.5 Å². The summed E-state index contributed by atoms with van der Waals surface area (Å²) in [5.41, 5.74) is 0.0479. The second-order valence-corrected chi connectivity index (χ2v) is 6.94. The van der Waals surface area contributed by atoms with Crippen molar-refractivity contribution in [3.8, 4) is 0 Å². The fourth-order valence-electron chi connectivity index (χ4n) is 2.28. The van der Waals surface area contributed by atoms with E-state index >= 15 is 0 Å². The van der Waals surface area contributed by atoms with E-state index in [4.69, 9.17) is 11.6 Å². The Morgan fingerprint density at radius 2 is 1.86 bits per heavy atom. The Bertz CT molecular complexity index is 572. The van der Waals surface area contributed by atoms with Crippen molar-refractivity contribution in [1.82, 2.24) is 14.8 Å². The van der Waals surface area contributed by atoms with E-state index in [0.29, 0.717) is 13.0 Å². The maximum Gasteiger partial charge on any atom is 1.00 e. The third-order valence-electron chi connectivity index (χ3n) is 4.03. The van der Waals surface area contributed by atoms with Gasteiger partial charge in [0, 0.05) is 5.02 Å². The predicted octanol–water partition coefficient (Wildman–Crippen LogP) is 0.458. The maximum atomic E-state index is 11.1. The molecule has 1 aromatic carbocycles. The molecule has 0 aliphatic heterocycles. The van der Waals surface area contributed by atoms with E-state index < -0.39 is 5.60 Å². The minimum absolute atomic E-state index is 0. The number of aromatic nitrogens is 3. The van der Waals surface area contributed by atoms with Crippen LogP contribution in [-0.4, -0.2) is 25.5 Å². The summed E-state index contributed by atoms with van der Waals surface area (Å²) in [6, 6.07) is 7.76. The molecular weight excluding hydrogens is 309 g/mol. The Kier molecular flexibility index (Phi) is 7.09. The molecule has 116 valence electrons. The van der Waals surface area contributed by atoms with E-state index in [2.05, 4.69) is 10.1 Å². The average molecular weight is 332 g/mol. The standard InChI is InChI=1S/C16H22ClN3O.Na.H/c1-15(2,3)16(21,10-20-12-18-11-19-20)9-8-13-4-6-14(17)7-5-13;;/h4-7,11-12,21H,8-10H2,1-3H3;;/q;+1;-1. The van der Waals surface area contributed by atoms with Crippen molar-refractivity contribution >= 4 is 11.6 Å². The SMILES string of the molecule is CC(C)(C)C(O)(CCc1ccc(Cl)cc1)Cn1cncn1.[H-].[Na+]. The summed E-state index contributed by atoms with van der Waals surface area (Å²) in [6.45, 7) is 6.58. The summed E-state index contributed by atoms with van der Waals surface area (Å²) >= 11 is 5.90. The van der Waals surface area contributed by atoms with E-state index in [-0.39, 0.29) is 36.4 Å². The van der Waals surface area contributed by atoms with Crippen LogP contribution >= 0.6 is 11.6 Å². The number of hydrogen-bond acceptors (Lipinski definition) is 3. The van der Waals surface area contributed by atoms with Crippen molar-refractivity contribution in [3.05, 3.63) is 47.5 Å². The van der Waals surface area contributed by atoms with Crippen LogP contribution in [0.25, 0.3) is 0 Å². The van der Waals surface area contributed by atoms with E-state index in [1.54, 1.807) is 11.0 Å². The molecule has 0 radical (unpaired) electrons. The van der Waals surface area contributed by atoms with Crippen molar-refractivity contribution in [2.24, 2.45) is 5.41 Å². The molecule has 0 fully saturated rings. The summed E-state index contributed by atoms with van der Waals surface area (Å²) in [5.74, 6) is 0. The molecule has 2 rings (SSSR count). The number of aryl methyl sites for hydroxylation is 1. The van der Waals surface area contributed by atoms with Gasteiger partial charge in [-0.25, -0.2) is 4.98 Å². The molecular formula is C16H23ClN3NaO. The maximum absolute atomic E-state index is 11.1. The molecule has 0 aliphatic carbocycles. The van der Waals surface area contributed by atoms with Crippen molar-refractivity contribution in [1.29, 1.82) is 0 Å².